The molecule has 0 amide bonds. The van der Waals surface area contributed by atoms with E-state index in [1.54, 1.807) is 0 Å². The normalized spacial score (nSPS) is 32.8. The van der Waals surface area contributed by atoms with Crippen LogP contribution in [0.1, 0.15) is 27.7 Å². The average Bonchev–Trinajstić information content (AvgIpc) is 2.01. The first-order valence-corrected chi connectivity index (χ1v) is 3.93. The molecule has 0 spiro atoms. The van der Waals surface area contributed by atoms with Gasteiger partial charge in [-0.15, -0.1) is 0 Å². The van der Waals surface area contributed by atoms with Crippen LogP contribution in [0.3, 0.4) is 0 Å². The summed E-state index contributed by atoms with van der Waals surface area (Å²) >= 11 is 0. The molecule has 1 aliphatic heterocycles. The van der Waals surface area contributed by atoms with E-state index in [1.165, 1.54) is 6.21 Å². The van der Waals surface area contributed by atoms with E-state index in [-0.39, 0.29) is 6.10 Å². The molecule has 1 aliphatic rings. The van der Waals surface area contributed by atoms with Crippen molar-refractivity contribution < 1.29 is 14.7 Å². The maximum absolute atomic E-state index is 8.36. The fourth-order valence-corrected chi connectivity index (χ4v) is 1.43. The first-order valence-electron chi connectivity index (χ1n) is 3.93. The maximum Gasteiger partial charge on any atom is 0.164 e. The third-order valence-electron chi connectivity index (χ3n) is 1.81. The lowest BCUT2D eigenvalue weighted by atomic mass is 10.0. The van der Waals surface area contributed by atoms with Crippen LogP contribution in [-0.2, 0) is 9.47 Å². The highest BCUT2D eigenvalue weighted by Gasteiger charge is 2.46. The van der Waals surface area contributed by atoms with Gasteiger partial charge in [0.1, 0.15) is 6.10 Å². The van der Waals surface area contributed by atoms with Crippen LogP contribution in [-0.4, -0.2) is 28.9 Å². The predicted molar refractivity (Wildman–Crippen MR) is 44.4 cm³/mol. The zero-order valence-electron chi connectivity index (χ0n) is 7.87. The molecular formula is C8H15NO3. The minimum Gasteiger partial charge on any atom is -0.411 e. The zero-order valence-corrected chi connectivity index (χ0v) is 7.87. The van der Waals surface area contributed by atoms with Crippen LogP contribution in [0.2, 0.25) is 0 Å². The second-order valence-electron chi connectivity index (χ2n) is 3.91. The Morgan fingerprint density at radius 3 is 2.25 bits per heavy atom. The monoisotopic (exact) mass is 173 g/mol. The van der Waals surface area contributed by atoms with Crippen molar-refractivity contribution in [2.24, 2.45) is 5.16 Å². The Kier molecular flexibility index (Phi) is 2.14. The molecule has 12 heavy (non-hydrogen) atoms. The molecule has 0 aliphatic carbocycles. The molecule has 0 aromatic heterocycles. The van der Waals surface area contributed by atoms with Crippen LogP contribution in [0.4, 0.5) is 0 Å². The molecule has 1 N–H and O–H groups in total. The van der Waals surface area contributed by atoms with Crippen molar-refractivity contribution in [2.75, 3.05) is 0 Å². The van der Waals surface area contributed by atoms with E-state index in [2.05, 4.69) is 5.16 Å². The Morgan fingerprint density at radius 2 is 1.92 bits per heavy atom. The molecule has 0 radical (unpaired) electrons. The van der Waals surface area contributed by atoms with Crippen molar-refractivity contribution in [3.63, 3.8) is 0 Å². The van der Waals surface area contributed by atoms with Crippen LogP contribution in [0.5, 0.6) is 0 Å². The minimum absolute atomic E-state index is 0.294. The summed E-state index contributed by atoms with van der Waals surface area (Å²) in [7, 11) is 0. The molecular weight excluding hydrogens is 158 g/mol. The molecule has 1 fully saturated rings. The lowest BCUT2D eigenvalue weighted by Gasteiger charge is -2.21. The SMILES string of the molecule is CC1(C)O[C@@H](C=NO)C(C)(C)O1. The molecule has 0 saturated carbocycles. The fourth-order valence-electron chi connectivity index (χ4n) is 1.43. The number of rotatable bonds is 1. The lowest BCUT2D eigenvalue weighted by molar-refractivity contribution is -0.155. The van der Waals surface area contributed by atoms with Crippen LogP contribution < -0.4 is 0 Å². The van der Waals surface area contributed by atoms with Crippen molar-refractivity contribution >= 4 is 6.21 Å². The number of hydrogen-bond donors (Lipinski definition) is 1. The molecule has 0 bridgehead atoms. The van der Waals surface area contributed by atoms with E-state index in [0.717, 1.165) is 0 Å². The summed E-state index contributed by atoms with van der Waals surface area (Å²) in [5.74, 6) is -0.602. The fraction of sp³-hybridized carbons (Fsp3) is 0.875. The Labute approximate surface area is 72.2 Å². The number of oxime groups is 1. The molecule has 70 valence electrons. The van der Waals surface area contributed by atoms with Gasteiger partial charge in [-0.25, -0.2) is 0 Å². The number of ether oxygens (including phenoxy) is 2. The minimum atomic E-state index is -0.602. The van der Waals surface area contributed by atoms with Gasteiger partial charge in [0.25, 0.3) is 0 Å². The number of hydrogen-bond acceptors (Lipinski definition) is 4. The van der Waals surface area contributed by atoms with Gasteiger partial charge >= 0.3 is 0 Å². The van der Waals surface area contributed by atoms with Crippen LogP contribution >= 0.6 is 0 Å². The van der Waals surface area contributed by atoms with Gasteiger partial charge in [-0.2, -0.15) is 0 Å². The third-order valence-corrected chi connectivity index (χ3v) is 1.81. The summed E-state index contributed by atoms with van der Waals surface area (Å²) in [4.78, 5) is 0. The van der Waals surface area contributed by atoms with E-state index in [9.17, 15) is 0 Å². The molecule has 1 atom stereocenters. The summed E-state index contributed by atoms with van der Waals surface area (Å²) < 4.78 is 11.0. The summed E-state index contributed by atoms with van der Waals surface area (Å²) in [5, 5.41) is 11.3. The van der Waals surface area contributed by atoms with Crippen LogP contribution in [0.15, 0.2) is 5.16 Å². The quantitative estimate of drug-likeness (QED) is 0.370. The average molecular weight is 173 g/mol. The van der Waals surface area contributed by atoms with E-state index in [0.29, 0.717) is 0 Å². The molecule has 1 heterocycles. The van der Waals surface area contributed by atoms with Gasteiger partial charge in [-0.3, -0.25) is 0 Å². The molecule has 1 saturated heterocycles. The molecule has 0 aromatic rings. The highest BCUT2D eigenvalue weighted by molar-refractivity contribution is 5.64. The molecule has 4 nitrogen and oxygen atoms in total. The summed E-state index contributed by atoms with van der Waals surface area (Å²) in [6, 6.07) is 0. The molecule has 0 unspecified atom stereocenters. The van der Waals surface area contributed by atoms with Crippen molar-refractivity contribution in [3.8, 4) is 0 Å². The molecule has 4 heteroatoms. The molecule has 1 rings (SSSR count). The zero-order chi connectivity index (χ0) is 9.41. The van der Waals surface area contributed by atoms with E-state index in [4.69, 9.17) is 14.7 Å². The Hall–Kier alpha value is -0.610. The summed E-state index contributed by atoms with van der Waals surface area (Å²) in [5.41, 5.74) is -0.435. The lowest BCUT2D eigenvalue weighted by Crippen LogP contribution is -2.34. The van der Waals surface area contributed by atoms with Gasteiger partial charge in [0.05, 0.1) is 11.8 Å². The van der Waals surface area contributed by atoms with E-state index in [1.807, 2.05) is 27.7 Å². The first-order chi connectivity index (χ1) is 5.37. The second kappa shape index (κ2) is 2.71. The Balaban J connectivity index is 2.77. The van der Waals surface area contributed by atoms with Crippen LogP contribution in [0.25, 0.3) is 0 Å². The summed E-state index contributed by atoms with van der Waals surface area (Å²) in [6.45, 7) is 7.46. The first kappa shape index (κ1) is 9.48. The topological polar surface area (TPSA) is 51.0 Å². The van der Waals surface area contributed by atoms with Crippen molar-refractivity contribution in [1.29, 1.82) is 0 Å². The highest BCUT2D eigenvalue weighted by Crippen LogP contribution is 2.34. The highest BCUT2D eigenvalue weighted by atomic mass is 16.8. The van der Waals surface area contributed by atoms with E-state index >= 15 is 0 Å². The van der Waals surface area contributed by atoms with Gasteiger partial charge < -0.3 is 14.7 Å². The van der Waals surface area contributed by atoms with Crippen molar-refractivity contribution in [1.82, 2.24) is 0 Å². The van der Waals surface area contributed by atoms with Gasteiger partial charge in [-0.1, -0.05) is 5.16 Å². The van der Waals surface area contributed by atoms with Crippen LogP contribution in [0, 0.1) is 0 Å². The number of nitrogens with zero attached hydrogens (tertiary/aromatic N) is 1. The van der Waals surface area contributed by atoms with Crippen molar-refractivity contribution in [2.45, 2.75) is 45.2 Å². The maximum atomic E-state index is 8.36. The van der Waals surface area contributed by atoms with Gasteiger partial charge in [0.2, 0.25) is 0 Å². The third kappa shape index (κ3) is 1.76. The predicted octanol–water partition coefficient (Wildman–Crippen LogP) is 1.38. The Bertz CT molecular complexity index is 198. The smallest absolute Gasteiger partial charge is 0.164 e. The Morgan fingerprint density at radius 1 is 1.33 bits per heavy atom. The van der Waals surface area contributed by atoms with Crippen molar-refractivity contribution in [3.05, 3.63) is 0 Å². The van der Waals surface area contributed by atoms with Gasteiger partial charge in [0, 0.05) is 0 Å². The molecule has 0 aromatic carbocycles. The van der Waals surface area contributed by atoms with E-state index < -0.39 is 11.4 Å². The largest absolute Gasteiger partial charge is 0.411 e. The summed E-state index contributed by atoms with van der Waals surface area (Å²) in [6.07, 6.45) is 1.05. The second-order valence-corrected chi connectivity index (χ2v) is 3.91. The standard InChI is InChI=1S/C8H15NO3/c1-7(2)6(5-9-10)11-8(3,4)12-7/h5-6,10H,1-4H3/t6-/m0/s1. The van der Waals surface area contributed by atoms with Gasteiger partial charge in [0.15, 0.2) is 5.79 Å². The van der Waals surface area contributed by atoms with Gasteiger partial charge in [-0.05, 0) is 27.7 Å².